The van der Waals surface area contributed by atoms with Gasteiger partial charge in [-0.2, -0.15) is 0 Å². The smallest absolute Gasteiger partial charge is 0.0671 e. The molecule has 0 fully saturated rings. The van der Waals surface area contributed by atoms with Crippen molar-refractivity contribution >= 4 is 7.28 Å². The Morgan fingerprint density at radius 2 is 1.08 bits per heavy atom. The highest BCUT2D eigenvalue weighted by Gasteiger charge is 2.28. The molecule has 0 bridgehead atoms. The maximum atomic E-state index is 2.55. The van der Waals surface area contributed by atoms with Crippen LogP contribution in [0, 0.1) is 0 Å². The molecule has 0 aromatic carbocycles. The fraction of sp³-hybridized carbons (Fsp3) is 1.00. The Morgan fingerprint density at radius 3 is 1.31 bits per heavy atom. The van der Waals surface area contributed by atoms with Crippen molar-refractivity contribution in [3.05, 3.63) is 0 Å². The Bertz CT molecular complexity index is 120. The molecule has 0 saturated carbocycles. The molecule has 0 atom stereocenters. The van der Waals surface area contributed by atoms with Crippen LogP contribution in [0.2, 0.25) is 10.6 Å². The summed E-state index contributed by atoms with van der Waals surface area (Å²) in [6.45, 7) is 14.0. The number of hydrogen-bond acceptors (Lipinski definition) is 0. The first-order chi connectivity index (χ1) is 5.83. The molecular weight excluding hydrogens is 155 g/mol. The normalized spacial score (nSPS) is 13.1. The minimum Gasteiger partial charge on any atom is -0.0671 e. The molecule has 0 aliphatic heterocycles. The molecule has 1 heteroatoms. The van der Waals surface area contributed by atoms with Crippen LogP contribution in [0.4, 0.5) is 0 Å². The maximum absolute atomic E-state index is 2.55. The summed E-state index contributed by atoms with van der Waals surface area (Å²) >= 11 is 0. The van der Waals surface area contributed by atoms with Gasteiger partial charge in [-0.1, -0.05) is 77.9 Å². The summed E-state index contributed by atoms with van der Waals surface area (Å²) in [5.41, 5.74) is 0. The highest BCUT2D eigenvalue weighted by Crippen LogP contribution is 2.41. The zero-order valence-electron chi connectivity index (χ0n) is 10.4. The molecule has 0 rings (SSSR count). The van der Waals surface area contributed by atoms with E-state index in [1.165, 1.54) is 25.7 Å². The van der Waals surface area contributed by atoms with E-state index in [9.17, 15) is 0 Å². The average Bonchev–Trinajstić information content (AvgIpc) is 1.82. The largest absolute Gasteiger partial charge is 0.124 e. The average molecular weight is 181 g/mol. The molecule has 0 saturated heterocycles. The SMILES string of the molecule is CCCC(C)(C)[B]C(C)(C)CCC. The minimum absolute atomic E-state index is 0.410. The van der Waals surface area contributed by atoms with Gasteiger partial charge in [-0.3, -0.25) is 0 Å². The molecule has 0 aromatic rings. The van der Waals surface area contributed by atoms with Crippen molar-refractivity contribution in [3.63, 3.8) is 0 Å². The van der Waals surface area contributed by atoms with Gasteiger partial charge in [0.15, 0.2) is 0 Å². The second kappa shape index (κ2) is 5.07. The molecule has 0 aromatic heterocycles. The topological polar surface area (TPSA) is 0 Å². The van der Waals surface area contributed by atoms with Gasteiger partial charge in [0.05, 0.1) is 0 Å². The first kappa shape index (κ1) is 13.1. The molecule has 13 heavy (non-hydrogen) atoms. The number of rotatable bonds is 6. The zero-order chi connectivity index (χ0) is 10.5. The fourth-order valence-electron chi connectivity index (χ4n) is 2.49. The summed E-state index contributed by atoms with van der Waals surface area (Å²) in [5, 5.41) is 0.820. The molecule has 1 radical (unpaired) electrons. The van der Waals surface area contributed by atoms with E-state index in [4.69, 9.17) is 0 Å². The van der Waals surface area contributed by atoms with Crippen molar-refractivity contribution in [2.75, 3.05) is 0 Å². The quantitative estimate of drug-likeness (QED) is 0.521. The summed E-state index contributed by atoms with van der Waals surface area (Å²) in [4.78, 5) is 0. The van der Waals surface area contributed by atoms with E-state index in [1.54, 1.807) is 0 Å². The van der Waals surface area contributed by atoms with E-state index in [1.807, 2.05) is 0 Å². The molecule has 0 unspecified atom stereocenters. The molecule has 0 aliphatic carbocycles. The van der Waals surface area contributed by atoms with Gasteiger partial charge in [-0.25, -0.2) is 0 Å². The third-order valence-corrected chi connectivity index (χ3v) is 2.57. The van der Waals surface area contributed by atoms with Crippen LogP contribution < -0.4 is 0 Å². The van der Waals surface area contributed by atoms with Crippen LogP contribution in [0.25, 0.3) is 0 Å². The van der Waals surface area contributed by atoms with Crippen molar-refractivity contribution < 1.29 is 0 Å². The highest BCUT2D eigenvalue weighted by atomic mass is 14.2. The van der Waals surface area contributed by atoms with Crippen LogP contribution in [0.3, 0.4) is 0 Å². The van der Waals surface area contributed by atoms with Gasteiger partial charge >= 0.3 is 0 Å². The summed E-state index contributed by atoms with van der Waals surface area (Å²) in [6.07, 6.45) is 5.18. The lowest BCUT2D eigenvalue weighted by atomic mass is 9.39. The molecule has 0 N–H and O–H groups in total. The summed E-state index contributed by atoms with van der Waals surface area (Å²) in [5.74, 6) is 0. The van der Waals surface area contributed by atoms with Crippen LogP contribution in [-0.4, -0.2) is 7.28 Å². The van der Waals surface area contributed by atoms with E-state index in [0.29, 0.717) is 10.6 Å². The van der Waals surface area contributed by atoms with E-state index >= 15 is 0 Å². The van der Waals surface area contributed by atoms with Crippen LogP contribution in [0.1, 0.15) is 67.2 Å². The van der Waals surface area contributed by atoms with Gasteiger partial charge in [0.1, 0.15) is 7.28 Å². The second-order valence-electron chi connectivity index (χ2n) is 5.62. The van der Waals surface area contributed by atoms with Crippen molar-refractivity contribution in [1.82, 2.24) is 0 Å². The Kier molecular flexibility index (Phi) is 5.10. The molecule has 0 heterocycles. The predicted molar refractivity (Wildman–Crippen MR) is 63.7 cm³/mol. The van der Waals surface area contributed by atoms with Gasteiger partial charge in [0.2, 0.25) is 0 Å². The standard InChI is InChI=1S/C12H26B/c1-7-9-11(3,4)13-12(5,6)10-8-2/h7-10H2,1-6H3. The van der Waals surface area contributed by atoms with Gasteiger partial charge in [-0.15, -0.1) is 0 Å². The van der Waals surface area contributed by atoms with Gasteiger partial charge < -0.3 is 0 Å². The predicted octanol–water partition coefficient (Wildman–Crippen LogP) is 4.69. The van der Waals surface area contributed by atoms with E-state index < -0.39 is 0 Å². The third kappa shape index (κ3) is 6.18. The second-order valence-corrected chi connectivity index (χ2v) is 5.62. The Morgan fingerprint density at radius 1 is 0.769 bits per heavy atom. The van der Waals surface area contributed by atoms with E-state index in [2.05, 4.69) is 48.8 Å². The number of hydrogen-bond donors (Lipinski definition) is 0. The lowest BCUT2D eigenvalue weighted by Crippen LogP contribution is -2.24. The molecular formula is C12H26B. The van der Waals surface area contributed by atoms with Crippen LogP contribution in [0.5, 0.6) is 0 Å². The van der Waals surface area contributed by atoms with Crippen molar-refractivity contribution in [2.24, 2.45) is 0 Å². The Hall–Kier alpha value is 0.0649. The van der Waals surface area contributed by atoms with E-state index in [0.717, 1.165) is 0 Å². The van der Waals surface area contributed by atoms with Crippen LogP contribution in [0.15, 0.2) is 0 Å². The van der Waals surface area contributed by atoms with Crippen molar-refractivity contribution in [2.45, 2.75) is 77.9 Å². The first-order valence-corrected chi connectivity index (χ1v) is 5.70. The lowest BCUT2D eigenvalue weighted by Gasteiger charge is -2.33. The fourth-order valence-corrected chi connectivity index (χ4v) is 2.49. The van der Waals surface area contributed by atoms with Gasteiger partial charge in [-0.05, 0) is 0 Å². The summed E-state index contributed by atoms with van der Waals surface area (Å²) in [7, 11) is 2.55. The lowest BCUT2D eigenvalue weighted by molar-refractivity contribution is 0.528. The third-order valence-electron chi connectivity index (χ3n) is 2.57. The van der Waals surface area contributed by atoms with Crippen LogP contribution >= 0.6 is 0 Å². The zero-order valence-corrected chi connectivity index (χ0v) is 10.4. The Labute approximate surface area is 85.7 Å². The molecule has 77 valence electrons. The molecule has 0 aliphatic rings. The summed E-state index contributed by atoms with van der Waals surface area (Å²) in [6, 6.07) is 0. The minimum atomic E-state index is 0.410. The monoisotopic (exact) mass is 181 g/mol. The van der Waals surface area contributed by atoms with Crippen molar-refractivity contribution in [3.8, 4) is 0 Å². The maximum Gasteiger partial charge on any atom is 0.124 e. The summed E-state index contributed by atoms with van der Waals surface area (Å²) < 4.78 is 0. The van der Waals surface area contributed by atoms with E-state index in [-0.39, 0.29) is 0 Å². The van der Waals surface area contributed by atoms with Crippen LogP contribution in [-0.2, 0) is 0 Å². The molecule has 0 amide bonds. The first-order valence-electron chi connectivity index (χ1n) is 5.70. The van der Waals surface area contributed by atoms with Gasteiger partial charge in [0.25, 0.3) is 0 Å². The molecule has 0 nitrogen and oxygen atoms in total. The highest BCUT2D eigenvalue weighted by molar-refractivity contribution is 6.43. The van der Waals surface area contributed by atoms with Crippen molar-refractivity contribution in [1.29, 1.82) is 0 Å². The van der Waals surface area contributed by atoms with Gasteiger partial charge in [0, 0.05) is 0 Å². The molecule has 0 spiro atoms. The Balaban J connectivity index is 4.07.